The molecule has 0 aliphatic heterocycles. The van der Waals surface area contributed by atoms with Crippen molar-refractivity contribution in [3.05, 3.63) is 12.2 Å². The summed E-state index contributed by atoms with van der Waals surface area (Å²) in [7, 11) is 0. The van der Waals surface area contributed by atoms with Crippen molar-refractivity contribution in [2.45, 2.75) is 26.2 Å². The van der Waals surface area contributed by atoms with Gasteiger partial charge in [-0.05, 0) is 31.1 Å². The zero-order valence-electron chi connectivity index (χ0n) is 7.22. The lowest BCUT2D eigenvalue weighted by atomic mass is 10.1. The zero-order chi connectivity index (χ0) is 8.10. The van der Waals surface area contributed by atoms with Gasteiger partial charge in [-0.3, -0.25) is 11.3 Å². The van der Waals surface area contributed by atoms with Gasteiger partial charge in [0.2, 0.25) is 0 Å². The molecule has 1 saturated carbocycles. The van der Waals surface area contributed by atoms with Gasteiger partial charge in [0.15, 0.2) is 0 Å². The summed E-state index contributed by atoms with van der Waals surface area (Å²) in [6.07, 6.45) is 9.19. The predicted octanol–water partition coefficient (Wildman–Crippen LogP) is 1.44. The lowest BCUT2D eigenvalue weighted by molar-refractivity contribution is 0.691. The number of allylic oxidation sites excluding steroid dienone is 2. The number of hydrogen-bond acceptors (Lipinski definition) is 2. The van der Waals surface area contributed by atoms with Crippen LogP contribution in [0.5, 0.6) is 0 Å². The van der Waals surface area contributed by atoms with Gasteiger partial charge in [-0.25, -0.2) is 0 Å². The van der Waals surface area contributed by atoms with Crippen LogP contribution in [0, 0.1) is 11.8 Å². The summed E-state index contributed by atoms with van der Waals surface area (Å²) in [4.78, 5) is 0. The number of fused-ring (bicyclic) bond motifs is 2. The first-order valence-electron chi connectivity index (χ1n) is 4.48. The molecule has 2 bridgehead atoms. The highest BCUT2D eigenvalue weighted by Gasteiger charge is 2.25. The van der Waals surface area contributed by atoms with Crippen molar-refractivity contribution in [1.82, 2.24) is 5.43 Å². The van der Waals surface area contributed by atoms with Crippen LogP contribution in [0.1, 0.15) is 26.2 Å². The minimum Gasteiger partial charge on any atom is -0.271 e. The van der Waals surface area contributed by atoms with Gasteiger partial charge in [0.25, 0.3) is 0 Å². The molecule has 1 fully saturated rings. The Bertz CT molecular complexity index is 118. The molecule has 2 heteroatoms. The Labute approximate surface area is 68.8 Å². The van der Waals surface area contributed by atoms with E-state index in [0.717, 1.165) is 18.4 Å². The van der Waals surface area contributed by atoms with E-state index in [-0.39, 0.29) is 0 Å². The van der Waals surface area contributed by atoms with Crippen LogP contribution in [0.4, 0.5) is 0 Å². The van der Waals surface area contributed by atoms with Crippen molar-refractivity contribution in [3.63, 3.8) is 0 Å². The van der Waals surface area contributed by atoms with Crippen LogP contribution in [-0.2, 0) is 0 Å². The molecule has 2 aliphatic rings. The van der Waals surface area contributed by atoms with Crippen LogP contribution in [0.2, 0.25) is 0 Å². The zero-order valence-corrected chi connectivity index (χ0v) is 7.22. The molecule has 2 atom stereocenters. The first-order chi connectivity index (χ1) is 5.36. The Morgan fingerprint density at radius 2 is 1.82 bits per heavy atom. The Kier molecular flexibility index (Phi) is 3.60. The molecule has 2 aliphatic carbocycles. The third kappa shape index (κ3) is 2.64. The molecule has 0 aromatic carbocycles. The molecule has 0 spiro atoms. The Morgan fingerprint density at radius 1 is 1.36 bits per heavy atom. The fraction of sp³-hybridized carbons (Fsp3) is 0.778. The molecule has 3 N–H and O–H groups in total. The molecule has 11 heavy (non-hydrogen) atoms. The Morgan fingerprint density at radius 3 is 1.91 bits per heavy atom. The van der Waals surface area contributed by atoms with Crippen molar-refractivity contribution >= 4 is 0 Å². The molecular weight excluding hydrogens is 136 g/mol. The summed E-state index contributed by atoms with van der Waals surface area (Å²) in [5.41, 5.74) is 2.43. The van der Waals surface area contributed by atoms with Crippen molar-refractivity contribution < 1.29 is 0 Å². The molecule has 0 amide bonds. The highest BCUT2D eigenvalue weighted by molar-refractivity contribution is 5.06. The maximum absolute atomic E-state index is 4.78. The van der Waals surface area contributed by atoms with Gasteiger partial charge >= 0.3 is 0 Å². The first kappa shape index (κ1) is 8.75. The van der Waals surface area contributed by atoms with E-state index >= 15 is 0 Å². The number of rotatable bonds is 1. The average molecular weight is 154 g/mol. The molecule has 2 nitrogen and oxygen atoms in total. The van der Waals surface area contributed by atoms with Gasteiger partial charge < -0.3 is 0 Å². The molecular formula is C9H18N2. The molecule has 0 heterocycles. The van der Waals surface area contributed by atoms with Gasteiger partial charge in [0, 0.05) is 6.54 Å². The van der Waals surface area contributed by atoms with Gasteiger partial charge in [-0.15, -0.1) is 0 Å². The molecule has 0 radical (unpaired) electrons. The molecule has 64 valence electrons. The van der Waals surface area contributed by atoms with E-state index in [1.54, 1.807) is 0 Å². The van der Waals surface area contributed by atoms with E-state index in [4.69, 9.17) is 5.84 Å². The van der Waals surface area contributed by atoms with Crippen molar-refractivity contribution in [1.29, 1.82) is 0 Å². The van der Waals surface area contributed by atoms with Gasteiger partial charge in [0.1, 0.15) is 0 Å². The first-order valence-corrected chi connectivity index (χ1v) is 4.48. The van der Waals surface area contributed by atoms with E-state index in [1.165, 1.54) is 19.3 Å². The predicted molar refractivity (Wildman–Crippen MR) is 47.8 cm³/mol. The second-order valence-corrected chi connectivity index (χ2v) is 3.28. The third-order valence-corrected chi connectivity index (χ3v) is 2.37. The van der Waals surface area contributed by atoms with Crippen LogP contribution in [0.15, 0.2) is 12.2 Å². The second kappa shape index (κ2) is 4.52. The molecule has 2 unspecified atom stereocenters. The molecule has 0 aromatic rings. The Balaban J connectivity index is 0.000000134. The largest absolute Gasteiger partial charge is 0.271 e. The number of nitrogens with two attached hydrogens (primary N) is 1. The molecule has 0 saturated heterocycles. The Hall–Kier alpha value is -0.340. The fourth-order valence-electron chi connectivity index (χ4n) is 1.72. The van der Waals surface area contributed by atoms with Crippen molar-refractivity contribution in [2.24, 2.45) is 17.7 Å². The standard InChI is InChI=1S/C7H10.C2H8N2/c1-2-7-4-3-6(1)5-7;1-2-4-3/h1-2,6-7H,3-5H2;4H,2-3H2,1H3. The van der Waals surface area contributed by atoms with Gasteiger partial charge in [0.05, 0.1) is 0 Å². The topological polar surface area (TPSA) is 38.0 Å². The quantitative estimate of drug-likeness (QED) is 0.341. The lowest BCUT2D eigenvalue weighted by Crippen LogP contribution is -2.20. The summed E-state index contributed by atoms with van der Waals surface area (Å²) >= 11 is 0. The summed E-state index contributed by atoms with van der Waals surface area (Å²) in [6.45, 7) is 2.79. The van der Waals surface area contributed by atoms with E-state index in [1.807, 2.05) is 6.92 Å². The maximum atomic E-state index is 4.78. The highest BCUT2D eigenvalue weighted by Crippen LogP contribution is 2.38. The summed E-state index contributed by atoms with van der Waals surface area (Å²) < 4.78 is 0. The maximum Gasteiger partial charge on any atom is 0.00689 e. The van der Waals surface area contributed by atoms with E-state index in [2.05, 4.69) is 17.6 Å². The van der Waals surface area contributed by atoms with Crippen LogP contribution in [0.25, 0.3) is 0 Å². The summed E-state index contributed by atoms with van der Waals surface area (Å²) in [5, 5.41) is 0. The van der Waals surface area contributed by atoms with E-state index in [0.29, 0.717) is 0 Å². The van der Waals surface area contributed by atoms with Crippen LogP contribution >= 0.6 is 0 Å². The fourth-order valence-corrected chi connectivity index (χ4v) is 1.72. The lowest BCUT2D eigenvalue weighted by Gasteiger charge is -1.96. The minimum absolute atomic E-state index is 0.847. The molecule has 0 aromatic heterocycles. The number of hydrazine groups is 1. The van der Waals surface area contributed by atoms with Crippen LogP contribution in [-0.4, -0.2) is 6.54 Å². The number of nitrogens with one attached hydrogen (secondary N) is 1. The van der Waals surface area contributed by atoms with Crippen molar-refractivity contribution in [2.75, 3.05) is 6.54 Å². The highest BCUT2D eigenvalue weighted by atomic mass is 15.2. The van der Waals surface area contributed by atoms with Crippen molar-refractivity contribution in [3.8, 4) is 0 Å². The van der Waals surface area contributed by atoms with Crippen LogP contribution in [0.3, 0.4) is 0 Å². The van der Waals surface area contributed by atoms with Gasteiger partial charge in [-0.2, -0.15) is 0 Å². The van der Waals surface area contributed by atoms with E-state index in [9.17, 15) is 0 Å². The average Bonchev–Trinajstić information content (AvgIpc) is 2.67. The third-order valence-electron chi connectivity index (χ3n) is 2.37. The summed E-state index contributed by atoms with van der Waals surface area (Å²) in [6, 6.07) is 0. The monoisotopic (exact) mass is 154 g/mol. The SMILES string of the molecule is C1=CC2CCC1C2.CCNN. The summed E-state index contributed by atoms with van der Waals surface area (Å²) in [5.74, 6) is 6.76. The normalized spacial score (nSPS) is 31.8. The smallest absolute Gasteiger partial charge is 0.00689 e. The van der Waals surface area contributed by atoms with Gasteiger partial charge in [-0.1, -0.05) is 19.1 Å². The van der Waals surface area contributed by atoms with E-state index < -0.39 is 0 Å². The molecule has 2 rings (SSSR count). The number of hydrogen-bond donors (Lipinski definition) is 2. The minimum atomic E-state index is 0.847. The second-order valence-electron chi connectivity index (χ2n) is 3.28. The van der Waals surface area contributed by atoms with Crippen LogP contribution < -0.4 is 11.3 Å².